The minimum Gasteiger partial charge on any atom is -0.456 e. The zero-order valence-corrected chi connectivity index (χ0v) is 20.6. The molecule has 1 heterocycles. The summed E-state index contributed by atoms with van der Waals surface area (Å²) in [5.41, 5.74) is 3.08. The first-order valence-electron chi connectivity index (χ1n) is 10.7. The Balaban J connectivity index is 1.78. The second-order valence-electron chi connectivity index (χ2n) is 9.14. The van der Waals surface area contributed by atoms with Crippen molar-refractivity contribution in [2.24, 2.45) is 4.99 Å². The van der Waals surface area contributed by atoms with Crippen molar-refractivity contribution in [1.29, 1.82) is 0 Å². The lowest BCUT2D eigenvalue weighted by atomic mass is 9.99. The molecule has 174 valence electrons. The summed E-state index contributed by atoms with van der Waals surface area (Å²) in [7, 11) is 0. The summed E-state index contributed by atoms with van der Waals surface area (Å²) in [6.07, 6.45) is 0. The second-order valence-corrected chi connectivity index (χ2v) is 10.1. The first-order chi connectivity index (χ1) is 15.4. The van der Waals surface area contributed by atoms with Crippen molar-refractivity contribution in [3.63, 3.8) is 0 Å². The molecule has 3 amide bonds. The number of ether oxygens (including phenoxy) is 1. The van der Waals surface area contributed by atoms with Gasteiger partial charge in [0.25, 0.3) is 0 Å². The highest BCUT2D eigenvalue weighted by atomic mass is 32.2. The molecule has 1 aliphatic rings. The SMILES string of the molecule is Cc1ccc(C(C)C)c(N2C(=O)CS/C2=N\C(=O)Nc2ccc(C(=O)OC(C)(C)C)cc2)c1. The predicted molar refractivity (Wildman–Crippen MR) is 133 cm³/mol. The monoisotopic (exact) mass is 467 g/mol. The molecule has 0 aliphatic carbocycles. The van der Waals surface area contributed by atoms with Crippen molar-refractivity contribution in [2.45, 2.75) is 53.1 Å². The van der Waals surface area contributed by atoms with Crippen LogP contribution in [0, 0.1) is 6.92 Å². The highest BCUT2D eigenvalue weighted by molar-refractivity contribution is 8.15. The van der Waals surface area contributed by atoms with Crippen molar-refractivity contribution in [2.75, 3.05) is 16.0 Å². The first kappa shape index (κ1) is 24.5. The Bertz CT molecular complexity index is 1100. The molecule has 1 aliphatic heterocycles. The lowest BCUT2D eigenvalue weighted by Crippen LogP contribution is -2.31. The van der Waals surface area contributed by atoms with Crippen LogP contribution in [0.3, 0.4) is 0 Å². The quantitative estimate of drug-likeness (QED) is 0.579. The van der Waals surface area contributed by atoms with Gasteiger partial charge in [0.2, 0.25) is 5.91 Å². The van der Waals surface area contributed by atoms with E-state index in [4.69, 9.17) is 4.74 Å². The molecule has 0 saturated carbocycles. The normalized spacial score (nSPS) is 15.3. The molecule has 0 radical (unpaired) electrons. The van der Waals surface area contributed by atoms with E-state index in [0.29, 0.717) is 16.4 Å². The molecule has 0 bridgehead atoms. The third-order valence-corrected chi connectivity index (χ3v) is 5.71. The lowest BCUT2D eigenvalue weighted by Gasteiger charge is -2.22. The zero-order valence-electron chi connectivity index (χ0n) is 19.8. The number of amidine groups is 1. The van der Waals surface area contributed by atoms with E-state index in [-0.39, 0.29) is 17.6 Å². The van der Waals surface area contributed by atoms with Crippen LogP contribution < -0.4 is 10.2 Å². The van der Waals surface area contributed by atoms with Gasteiger partial charge in [-0.05, 0) is 75.1 Å². The fraction of sp³-hybridized carbons (Fsp3) is 0.360. The van der Waals surface area contributed by atoms with E-state index in [0.717, 1.165) is 16.8 Å². The summed E-state index contributed by atoms with van der Waals surface area (Å²) < 4.78 is 5.34. The fourth-order valence-electron chi connectivity index (χ4n) is 3.28. The Morgan fingerprint density at radius 1 is 1.12 bits per heavy atom. The molecule has 0 unspecified atom stereocenters. The molecular formula is C25H29N3O4S. The van der Waals surface area contributed by atoms with Crippen LogP contribution in [0.5, 0.6) is 0 Å². The summed E-state index contributed by atoms with van der Waals surface area (Å²) in [5.74, 6) is -0.114. The Morgan fingerprint density at radius 3 is 2.39 bits per heavy atom. The maximum absolute atomic E-state index is 12.7. The molecule has 0 spiro atoms. The molecular weight excluding hydrogens is 438 g/mol. The molecule has 3 rings (SSSR count). The number of nitrogens with zero attached hydrogens (tertiary/aromatic N) is 2. The Kier molecular flexibility index (Phi) is 7.27. The van der Waals surface area contributed by atoms with Crippen LogP contribution in [0.4, 0.5) is 16.2 Å². The smallest absolute Gasteiger partial charge is 0.347 e. The van der Waals surface area contributed by atoms with Crippen LogP contribution in [0.25, 0.3) is 0 Å². The number of carbonyl (C=O) groups is 3. The second kappa shape index (κ2) is 9.79. The van der Waals surface area contributed by atoms with Gasteiger partial charge in [-0.2, -0.15) is 4.99 Å². The van der Waals surface area contributed by atoms with Crippen LogP contribution in [0.15, 0.2) is 47.5 Å². The van der Waals surface area contributed by atoms with Gasteiger partial charge in [-0.3, -0.25) is 9.69 Å². The van der Waals surface area contributed by atoms with Crippen LogP contribution in [0.1, 0.15) is 62.0 Å². The highest BCUT2D eigenvalue weighted by Crippen LogP contribution is 2.34. The molecule has 2 aromatic carbocycles. The highest BCUT2D eigenvalue weighted by Gasteiger charge is 2.32. The average molecular weight is 468 g/mol. The van der Waals surface area contributed by atoms with E-state index in [9.17, 15) is 14.4 Å². The molecule has 0 atom stereocenters. The molecule has 2 aromatic rings. The van der Waals surface area contributed by atoms with Gasteiger partial charge in [0.1, 0.15) is 5.60 Å². The molecule has 33 heavy (non-hydrogen) atoms. The third-order valence-electron chi connectivity index (χ3n) is 4.78. The summed E-state index contributed by atoms with van der Waals surface area (Å²) in [4.78, 5) is 43.1. The van der Waals surface area contributed by atoms with Crippen molar-refractivity contribution in [3.8, 4) is 0 Å². The topological polar surface area (TPSA) is 88.1 Å². The number of urea groups is 1. The lowest BCUT2D eigenvalue weighted by molar-refractivity contribution is -0.115. The number of aryl methyl sites for hydroxylation is 1. The number of hydrogen-bond acceptors (Lipinski definition) is 5. The van der Waals surface area contributed by atoms with Crippen molar-refractivity contribution >= 4 is 46.2 Å². The predicted octanol–water partition coefficient (Wildman–Crippen LogP) is 5.74. The number of carbonyl (C=O) groups excluding carboxylic acids is 3. The summed E-state index contributed by atoms with van der Waals surface area (Å²) in [6.45, 7) is 11.5. The zero-order chi connectivity index (χ0) is 24.3. The molecule has 1 N–H and O–H groups in total. The van der Waals surface area contributed by atoms with Gasteiger partial charge >= 0.3 is 12.0 Å². The maximum Gasteiger partial charge on any atom is 0.347 e. The van der Waals surface area contributed by atoms with Gasteiger partial charge in [-0.15, -0.1) is 0 Å². The number of anilines is 2. The number of esters is 1. The van der Waals surface area contributed by atoms with Crippen LogP contribution in [0.2, 0.25) is 0 Å². The van der Waals surface area contributed by atoms with E-state index in [2.05, 4.69) is 24.2 Å². The summed E-state index contributed by atoms with van der Waals surface area (Å²) in [5, 5.41) is 3.03. The number of benzene rings is 2. The van der Waals surface area contributed by atoms with Crippen molar-refractivity contribution in [1.82, 2.24) is 0 Å². The van der Waals surface area contributed by atoms with Crippen molar-refractivity contribution < 1.29 is 19.1 Å². The summed E-state index contributed by atoms with van der Waals surface area (Å²) >= 11 is 1.23. The summed E-state index contributed by atoms with van der Waals surface area (Å²) in [6, 6.07) is 11.8. The Morgan fingerprint density at radius 2 is 1.79 bits per heavy atom. The van der Waals surface area contributed by atoms with Crippen molar-refractivity contribution in [3.05, 3.63) is 59.2 Å². The Hall–Kier alpha value is -3.13. The van der Waals surface area contributed by atoms with Gasteiger partial charge in [0.15, 0.2) is 5.17 Å². The maximum atomic E-state index is 12.7. The molecule has 7 nitrogen and oxygen atoms in total. The van der Waals surface area contributed by atoms with E-state index < -0.39 is 17.6 Å². The van der Waals surface area contributed by atoms with Gasteiger partial charge in [0.05, 0.1) is 17.0 Å². The van der Waals surface area contributed by atoms with E-state index in [1.54, 1.807) is 45.0 Å². The number of nitrogens with one attached hydrogen (secondary N) is 1. The van der Waals surface area contributed by atoms with Gasteiger partial charge in [-0.1, -0.05) is 37.7 Å². The third kappa shape index (κ3) is 6.22. The standard InChI is InChI=1S/C25H29N3O4S/c1-15(2)19-12-7-16(3)13-20(19)28-21(29)14-33-24(28)27-23(31)26-18-10-8-17(9-11-18)22(30)32-25(4,5)6/h7-13,15H,14H2,1-6H3,(H,26,31)/b27-24-. The first-order valence-corrected chi connectivity index (χ1v) is 11.7. The average Bonchev–Trinajstić information content (AvgIpc) is 3.06. The number of thioether (sulfide) groups is 1. The van der Waals surface area contributed by atoms with Gasteiger partial charge < -0.3 is 10.1 Å². The largest absolute Gasteiger partial charge is 0.456 e. The molecule has 1 fully saturated rings. The number of aliphatic imine (C=N–C) groups is 1. The number of rotatable bonds is 4. The Labute approximate surface area is 198 Å². The van der Waals surface area contributed by atoms with E-state index in [1.165, 1.54) is 16.7 Å². The van der Waals surface area contributed by atoms with Gasteiger partial charge in [0, 0.05) is 5.69 Å². The number of hydrogen-bond donors (Lipinski definition) is 1. The minimum absolute atomic E-state index is 0.110. The molecule has 1 saturated heterocycles. The van der Waals surface area contributed by atoms with Crippen LogP contribution in [-0.4, -0.2) is 34.4 Å². The number of amides is 3. The minimum atomic E-state index is -0.596. The fourth-order valence-corrected chi connectivity index (χ4v) is 4.14. The molecule has 8 heteroatoms. The van der Waals surface area contributed by atoms with E-state index >= 15 is 0 Å². The van der Waals surface area contributed by atoms with E-state index in [1.807, 2.05) is 25.1 Å². The van der Waals surface area contributed by atoms with Crippen LogP contribution in [-0.2, 0) is 9.53 Å². The van der Waals surface area contributed by atoms with Gasteiger partial charge in [-0.25, -0.2) is 9.59 Å². The van der Waals surface area contributed by atoms with Crippen LogP contribution >= 0.6 is 11.8 Å². The molecule has 0 aromatic heterocycles.